The van der Waals surface area contributed by atoms with E-state index in [9.17, 15) is 4.79 Å². The predicted octanol–water partition coefficient (Wildman–Crippen LogP) is 4.07. The van der Waals surface area contributed by atoms with Crippen LogP contribution in [0.15, 0.2) is 16.6 Å². The summed E-state index contributed by atoms with van der Waals surface area (Å²) >= 11 is 15.5. The van der Waals surface area contributed by atoms with Gasteiger partial charge in [0.25, 0.3) is 0 Å². The minimum atomic E-state index is -0.0425. The van der Waals surface area contributed by atoms with Crippen LogP contribution in [-0.2, 0) is 4.79 Å². The minimum Gasteiger partial charge on any atom is -0.330 e. The van der Waals surface area contributed by atoms with Crippen molar-refractivity contribution < 1.29 is 4.79 Å². The highest BCUT2D eigenvalue weighted by atomic mass is 79.9. The number of hydrogen-bond donors (Lipinski definition) is 2. The Kier molecular flexibility index (Phi) is 5.12. The van der Waals surface area contributed by atoms with E-state index in [0.29, 0.717) is 22.3 Å². The van der Waals surface area contributed by atoms with Gasteiger partial charge in [0, 0.05) is 10.4 Å². The van der Waals surface area contributed by atoms with E-state index in [1.165, 1.54) is 0 Å². The molecule has 3 nitrogen and oxygen atoms in total. The molecule has 19 heavy (non-hydrogen) atoms. The van der Waals surface area contributed by atoms with E-state index in [1.807, 2.05) is 0 Å². The van der Waals surface area contributed by atoms with Crippen LogP contribution in [0.4, 0.5) is 5.69 Å². The predicted molar refractivity (Wildman–Crippen MR) is 82.7 cm³/mol. The SMILES string of the molecule is NCC1CCCC1C(=O)Nc1c(Cl)cc(Br)cc1Cl. The van der Waals surface area contributed by atoms with Gasteiger partial charge in [-0.3, -0.25) is 4.79 Å². The first-order chi connectivity index (χ1) is 9.02. The van der Waals surface area contributed by atoms with Crippen LogP contribution in [0, 0.1) is 11.8 Å². The van der Waals surface area contributed by atoms with Gasteiger partial charge >= 0.3 is 0 Å². The number of carbonyl (C=O) groups excluding carboxylic acids is 1. The first kappa shape index (κ1) is 15.1. The van der Waals surface area contributed by atoms with Crippen LogP contribution in [0.3, 0.4) is 0 Å². The van der Waals surface area contributed by atoms with Crippen molar-refractivity contribution in [1.29, 1.82) is 0 Å². The minimum absolute atomic E-state index is 0.0409. The first-order valence-corrected chi connectivity index (χ1v) is 7.73. The number of nitrogens with one attached hydrogen (secondary N) is 1. The zero-order valence-electron chi connectivity index (χ0n) is 10.3. The van der Waals surface area contributed by atoms with Crippen LogP contribution in [0.25, 0.3) is 0 Å². The number of hydrogen-bond acceptors (Lipinski definition) is 2. The van der Waals surface area contributed by atoms with Crippen molar-refractivity contribution in [2.24, 2.45) is 17.6 Å². The van der Waals surface area contributed by atoms with Crippen LogP contribution in [0.1, 0.15) is 19.3 Å². The van der Waals surface area contributed by atoms with Gasteiger partial charge in [-0.25, -0.2) is 0 Å². The maximum atomic E-state index is 12.3. The fourth-order valence-electron chi connectivity index (χ4n) is 2.54. The topological polar surface area (TPSA) is 55.1 Å². The van der Waals surface area contributed by atoms with Crippen LogP contribution in [0.5, 0.6) is 0 Å². The van der Waals surface area contributed by atoms with E-state index in [2.05, 4.69) is 21.2 Å². The third kappa shape index (κ3) is 3.43. The molecule has 1 aromatic carbocycles. The van der Waals surface area contributed by atoms with Crippen molar-refractivity contribution in [1.82, 2.24) is 0 Å². The average Bonchev–Trinajstić information content (AvgIpc) is 2.81. The van der Waals surface area contributed by atoms with Crippen LogP contribution < -0.4 is 11.1 Å². The van der Waals surface area contributed by atoms with Gasteiger partial charge in [0.2, 0.25) is 5.91 Å². The number of anilines is 1. The molecule has 2 unspecified atom stereocenters. The summed E-state index contributed by atoms with van der Waals surface area (Å²) in [5.41, 5.74) is 6.17. The normalized spacial score (nSPS) is 22.5. The molecule has 1 aliphatic rings. The molecule has 1 saturated carbocycles. The second-order valence-electron chi connectivity index (χ2n) is 4.77. The summed E-state index contributed by atoms with van der Waals surface area (Å²) in [6.07, 6.45) is 2.93. The highest BCUT2D eigenvalue weighted by Gasteiger charge is 2.32. The molecule has 6 heteroatoms. The third-order valence-electron chi connectivity index (χ3n) is 3.55. The highest BCUT2D eigenvalue weighted by Crippen LogP contribution is 2.36. The molecule has 1 fully saturated rings. The van der Waals surface area contributed by atoms with Gasteiger partial charge in [0.1, 0.15) is 0 Å². The number of nitrogens with two attached hydrogens (primary N) is 1. The Morgan fingerprint density at radius 3 is 2.58 bits per heavy atom. The lowest BCUT2D eigenvalue weighted by Gasteiger charge is -2.18. The Labute approximate surface area is 131 Å². The molecular weight excluding hydrogens is 351 g/mol. The smallest absolute Gasteiger partial charge is 0.227 e. The van der Waals surface area contributed by atoms with Crippen molar-refractivity contribution in [3.05, 3.63) is 26.7 Å². The highest BCUT2D eigenvalue weighted by molar-refractivity contribution is 9.10. The Morgan fingerprint density at radius 1 is 1.37 bits per heavy atom. The molecule has 2 atom stereocenters. The van der Waals surface area contributed by atoms with E-state index in [4.69, 9.17) is 28.9 Å². The molecule has 0 aliphatic heterocycles. The maximum Gasteiger partial charge on any atom is 0.227 e. The largest absolute Gasteiger partial charge is 0.330 e. The quantitative estimate of drug-likeness (QED) is 0.848. The molecule has 0 aromatic heterocycles. The van der Waals surface area contributed by atoms with Gasteiger partial charge in [-0.1, -0.05) is 45.6 Å². The van der Waals surface area contributed by atoms with E-state index >= 15 is 0 Å². The zero-order chi connectivity index (χ0) is 14.0. The molecule has 0 saturated heterocycles. The summed E-state index contributed by atoms with van der Waals surface area (Å²) < 4.78 is 0.779. The Balaban J connectivity index is 2.15. The molecule has 1 aromatic rings. The molecule has 2 rings (SSSR count). The monoisotopic (exact) mass is 364 g/mol. The Bertz CT molecular complexity index is 473. The van der Waals surface area contributed by atoms with E-state index in [0.717, 1.165) is 23.7 Å². The van der Waals surface area contributed by atoms with E-state index in [-0.39, 0.29) is 17.7 Å². The van der Waals surface area contributed by atoms with Crippen molar-refractivity contribution >= 4 is 50.7 Å². The summed E-state index contributed by atoms with van der Waals surface area (Å²) in [4.78, 5) is 12.3. The Hall–Kier alpha value is -0.290. The summed E-state index contributed by atoms with van der Waals surface area (Å²) in [5, 5.41) is 3.68. The molecule has 0 spiro atoms. The van der Waals surface area contributed by atoms with Crippen molar-refractivity contribution in [2.45, 2.75) is 19.3 Å². The molecule has 0 heterocycles. The number of halogens is 3. The molecule has 3 N–H and O–H groups in total. The second kappa shape index (κ2) is 6.44. The van der Waals surface area contributed by atoms with E-state index < -0.39 is 0 Å². The molecular formula is C13H15BrCl2N2O. The van der Waals surface area contributed by atoms with Crippen LogP contribution >= 0.6 is 39.1 Å². The van der Waals surface area contributed by atoms with Gasteiger partial charge < -0.3 is 11.1 Å². The number of rotatable bonds is 3. The van der Waals surface area contributed by atoms with Crippen molar-refractivity contribution in [3.8, 4) is 0 Å². The standard InChI is InChI=1S/C13H15BrCl2N2O/c14-8-4-10(15)12(11(16)5-8)18-13(19)9-3-1-2-7(9)6-17/h4-5,7,9H,1-3,6,17H2,(H,18,19). The van der Waals surface area contributed by atoms with Gasteiger partial charge in [-0.05, 0) is 37.4 Å². The molecule has 0 bridgehead atoms. The third-order valence-corrected chi connectivity index (χ3v) is 4.61. The van der Waals surface area contributed by atoms with Gasteiger partial charge in [-0.2, -0.15) is 0 Å². The zero-order valence-corrected chi connectivity index (χ0v) is 13.4. The van der Waals surface area contributed by atoms with Gasteiger partial charge in [0.05, 0.1) is 15.7 Å². The molecule has 1 aliphatic carbocycles. The van der Waals surface area contributed by atoms with Crippen LogP contribution in [0.2, 0.25) is 10.0 Å². The average molecular weight is 366 g/mol. The summed E-state index contributed by atoms with van der Waals surface area (Å²) in [7, 11) is 0. The fourth-order valence-corrected chi connectivity index (χ4v) is 3.84. The summed E-state index contributed by atoms with van der Waals surface area (Å²) in [6.45, 7) is 0.542. The number of amides is 1. The van der Waals surface area contributed by atoms with Crippen molar-refractivity contribution in [2.75, 3.05) is 11.9 Å². The first-order valence-electron chi connectivity index (χ1n) is 6.18. The van der Waals surface area contributed by atoms with Crippen LogP contribution in [-0.4, -0.2) is 12.5 Å². The van der Waals surface area contributed by atoms with E-state index in [1.54, 1.807) is 12.1 Å². The molecule has 104 valence electrons. The molecule has 0 radical (unpaired) electrons. The van der Waals surface area contributed by atoms with Gasteiger partial charge in [0.15, 0.2) is 0 Å². The summed E-state index contributed by atoms with van der Waals surface area (Å²) in [6, 6.07) is 3.41. The Morgan fingerprint density at radius 2 is 2.00 bits per heavy atom. The van der Waals surface area contributed by atoms with Crippen molar-refractivity contribution in [3.63, 3.8) is 0 Å². The summed E-state index contributed by atoms with van der Waals surface area (Å²) in [5.74, 6) is 0.174. The maximum absolute atomic E-state index is 12.3. The second-order valence-corrected chi connectivity index (χ2v) is 6.50. The molecule has 1 amide bonds. The number of benzene rings is 1. The lowest BCUT2D eigenvalue weighted by atomic mass is 9.95. The fraction of sp³-hybridized carbons (Fsp3) is 0.462. The lowest BCUT2D eigenvalue weighted by Crippen LogP contribution is -2.29. The number of carbonyl (C=O) groups is 1. The van der Waals surface area contributed by atoms with Gasteiger partial charge in [-0.15, -0.1) is 0 Å². The lowest BCUT2D eigenvalue weighted by molar-refractivity contribution is -0.120.